The summed E-state index contributed by atoms with van der Waals surface area (Å²) in [6.07, 6.45) is -4.86. The van der Waals surface area contributed by atoms with Gasteiger partial charge in [-0.3, -0.25) is 4.79 Å². The Morgan fingerprint density at radius 1 is 1.15 bits per heavy atom. The van der Waals surface area contributed by atoms with Crippen molar-refractivity contribution in [2.24, 2.45) is 5.73 Å². The second kappa shape index (κ2) is 9.43. The number of nitrogens with zero attached hydrogens (tertiary/aromatic N) is 1. The van der Waals surface area contributed by atoms with Gasteiger partial charge in [-0.15, -0.1) is 0 Å². The molecule has 0 aliphatic rings. The number of rotatable bonds is 8. The molecule has 0 radical (unpaired) electrons. The van der Waals surface area contributed by atoms with Crippen LogP contribution in [0.5, 0.6) is 0 Å². The molecule has 4 N–H and O–H groups in total. The van der Waals surface area contributed by atoms with Crippen LogP contribution < -0.4 is 11.1 Å². The molecule has 1 unspecified atom stereocenters. The van der Waals surface area contributed by atoms with E-state index in [1.165, 1.54) is 6.07 Å². The van der Waals surface area contributed by atoms with Gasteiger partial charge in [-0.25, -0.2) is 4.98 Å². The van der Waals surface area contributed by atoms with Gasteiger partial charge in [0.05, 0.1) is 12.1 Å². The molecule has 0 aliphatic heterocycles. The maximum Gasteiger partial charge on any atom is 0.418 e. The van der Waals surface area contributed by atoms with Crippen molar-refractivity contribution in [2.75, 3.05) is 11.9 Å². The molecule has 3 aromatic rings. The van der Waals surface area contributed by atoms with Crippen LogP contribution in [0.2, 0.25) is 5.02 Å². The number of alkyl halides is 3. The van der Waals surface area contributed by atoms with Gasteiger partial charge in [-0.1, -0.05) is 44.5 Å². The highest BCUT2D eigenvalue weighted by atomic mass is 35.5. The number of nitrogens with two attached hydrogens (primary N) is 1. The Balaban J connectivity index is 1.93. The lowest BCUT2D eigenvalue weighted by Crippen LogP contribution is -2.53. The van der Waals surface area contributed by atoms with Crippen LogP contribution in [-0.2, 0) is 11.8 Å². The molecule has 0 bridgehead atoms. The summed E-state index contributed by atoms with van der Waals surface area (Å²) in [7, 11) is 0. The first-order valence-corrected chi connectivity index (χ1v) is 11.2. The number of carbonyl (C=O) groups excluding carboxylic acids is 1. The summed E-state index contributed by atoms with van der Waals surface area (Å²) in [5, 5.41) is 14.7. The Morgan fingerprint density at radius 2 is 1.85 bits per heavy atom. The zero-order valence-corrected chi connectivity index (χ0v) is 19.9. The summed E-state index contributed by atoms with van der Waals surface area (Å²) in [5.41, 5.74) is 3.56. The number of halogens is 4. The van der Waals surface area contributed by atoms with E-state index in [1.54, 1.807) is 56.3 Å². The SMILES string of the molecule is CCc1cc(Cl)ccc1C(C)(C)CC(O)(CNc1cccc2nc(C(N)=O)ccc12)C(F)(F)F. The number of pyridine rings is 1. The molecule has 1 atom stereocenters. The van der Waals surface area contributed by atoms with E-state index in [9.17, 15) is 23.1 Å². The van der Waals surface area contributed by atoms with Crippen LogP contribution in [0.3, 0.4) is 0 Å². The van der Waals surface area contributed by atoms with E-state index in [4.69, 9.17) is 17.3 Å². The Kier molecular flexibility index (Phi) is 7.15. The number of anilines is 1. The van der Waals surface area contributed by atoms with E-state index < -0.39 is 36.1 Å². The van der Waals surface area contributed by atoms with Crippen molar-refractivity contribution in [3.63, 3.8) is 0 Å². The second-order valence-electron chi connectivity index (χ2n) is 9.03. The van der Waals surface area contributed by atoms with Crippen LogP contribution in [0.1, 0.15) is 48.8 Å². The standard InChI is InChI=1S/C25H27ClF3N3O2/c1-4-15-12-16(26)8-10-18(15)23(2,3)13-24(34,25(27,28)29)14-31-19-6-5-7-20-17(19)9-11-21(32-20)22(30)33/h5-12,31,34H,4,13-14H2,1-3H3,(H2,30,33). The lowest BCUT2D eigenvalue weighted by atomic mass is 9.73. The minimum atomic E-state index is -4.89. The molecule has 0 fully saturated rings. The first kappa shape index (κ1) is 25.8. The van der Waals surface area contributed by atoms with Crippen molar-refractivity contribution >= 4 is 34.1 Å². The second-order valence-corrected chi connectivity index (χ2v) is 9.47. The number of aromatic nitrogens is 1. The number of fused-ring (bicyclic) bond motifs is 1. The van der Waals surface area contributed by atoms with Crippen molar-refractivity contribution in [1.29, 1.82) is 0 Å². The molecule has 2 aromatic carbocycles. The van der Waals surface area contributed by atoms with E-state index in [0.29, 0.717) is 33.6 Å². The fourth-order valence-corrected chi connectivity index (χ4v) is 4.49. The Labute approximate surface area is 201 Å². The fourth-order valence-electron chi connectivity index (χ4n) is 4.29. The minimum Gasteiger partial charge on any atom is -0.381 e. The maximum absolute atomic E-state index is 14.2. The average Bonchev–Trinajstić information content (AvgIpc) is 2.75. The van der Waals surface area contributed by atoms with Crippen LogP contribution in [0, 0.1) is 0 Å². The van der Waals surface area contributed by atoms with Crippen LogP contribution >= 0.6 is 11.6 Å². The van der Waals surface area contributed by atoms with E-state index in [-0.39, 0.29) is 5.69 Å². The number of primary amides is 1. The fraction of sp³-hybridized carbons (Fsp3) is 0.360. The molecule has 0 saturated carbocycles. The van der Waals surface area contributed by atoms with Gasteiger partial charge in [0.2, 0.25) is 0 Å². The number of aryl methyl sites for hydroxylation is 1. The van der Waals surface area contributed by atoms with Gasteiger partial charge >= 0.3 is 6.18 Å². The van der Waals surface area contributed by atoms with Gasteiger partial charge in [-0.05, 0) is 65.8 Å². The number of aliphatic hydroxyl groups is 1. The number of nitrogens with one attached hydrogen (secondary N) is 1. The smallest absolute Gasteiger partial charge is 0.381 e. The van der Waals surface area contributed by atoms with Gasteiger partial charge in [0, 0.05) is 16.1 Å². The van der Waals surface area contributed by atoms with Crippen LogP contribution in [0.25, 0.3) is 10.9 Å². The Morgan fingerprint density at radius 3 is 2.47 bits per heavy atom. The molecule has 1 aromatic heterocycles. The Bertz CT molecular complexity index is 1210. The summed E-state index contributed by atoms with van der Waals surface area (Å²) in [4.78, 5) is 15.5. The predicted molar refractivity (Wildman–Crippen MR) is 128 cm³/mol. The van der Waals surface area contributed by atoms with E-state index in [1.807, 2.05) is 6.92 Å². The summed E-state index contributed by atoms with van der Waals surface area (Å²) < 4.78 is 42.5. The van der Waals surface area contributed by atoms with Crippen molar-refractivity contribution < 1.29 is 23.1 Å². The third kappa shape index (κ3) is 5.28. The highest BCUT2D eigenvalue weighted by Gasteiger charge is 2.56. The molecule has 5 nitrogen and oxygen atoms in total. The lowest BCUT2D eigenvalue weighted by Gasteiger charge is -2.39. The summed E-state index contributed by atoms with van der Waals surface area (Å²) in [6.45, 7) is 4.49. The Hall–Kier alpha value is -2.84. The monoisotopic (exact) mass is 493 g/mol. The molecule has 0 spiro atoms. The zero-order valence-electron chi connectivity index (χ0n) is 19.1. The molecule has 1 heterocycles. The number of hydrogen-bond acceptors (Lipinski definition) is 4. The molecule has 0 saturated heterocycles. The number of benzene rings is 2. The quantitative estimate of drug-likeness (QED) is 0.380. The van der Waals surface area contributed by atoms with E-state index in [2.05, 4.69) is 10.3 Å². The minimum absolute atomic E-state index is 0.0490. The molecule has 182 valence electrons. The highest BCUT2D eigenvalue weighted by Crippen LogP contribution is 2.42. The topological polar surface area (TPSA) is 88.2 Å². The molecule has 3 rings (SSSR count). The number of amides is 1. The van der Waals surface area contributed by atoms with Crippen molar-refractivity contribution in [2.45, 2.75) is 50.8 Å². The average molecular weight is 494 g/mol. The lowest BCUT2D eigenvalue weighted by molar-refractivity contribution is -0.260. The number of hydrogen-bond donors (Lipinski definition) is 3. The third-order valence-corrected chi connectivity index (χ3v) is 6.23. The van der Waals surface area contributed by atoms with E-state index in [0.717, 1.165) is 5.56 Å². The zero-order chi connectivity index (χ0) is 25.3. The molecular weight excluding hydrogens is 467 g/mol. The van der Waals surface area contributed by atoms with Crippen molar-refractivity contribution in [1.82, 2.24) is 4.98 Å². The molecular formula is C25H27ClF3N3O2. The van der Waals surface area contributed by atoms with E-state index >= 15 is 0 Å². The third-order valence-electron chi connectivity index (χ3n) is 5.99. The van der Waals surface area contributed by atoms with Crippen LogP contribution in [0.15, 0.2) is 48.5 Å². The number of carbonyl (C=O) groups is 1. The van der Waals surface area contributed by atoms with Crippen LogP contribution in [0.4, 0.5) is 18.9 Å². The van der Waals surface area contributed by atoms with Gasteiger partial charge in [-0.2, -0.15) is 13.2 Å². The normalized spacial score (nSPS) is 14.1. The van der Waals surface area contributed by atoms with Gasteiger partial charge in [0.25, 0.3) is 5.91 Å². The molecule has 34 heavy (non-hydrogen) atoms. The summed E-state index contributed by atoms with van der Waals surface area (Å²) in [6, 6.07) is 12.9. The largest absolute Gasteiger partial charge is 0.418 e. The van der Waals surface area contributed by atoms with Crippen molar-refractivity contribution in [3.8, 4) is 0 Å². The summed E-state index contributed by atoms with van der Waals surface area (Å²) in [5.74, 6) is -0.706. The first-order valence-electron chi connectivity index (χ1n) is 10.8. The van der Waals surface area contributed by atoms with Gasteiger partial charge in [0.1, 0.15) is 5.69 Å². The summed E-state index contributed by atoms with van der Waals surface area (Å²) >= 11 is 6.07. The molecule has 9 heteroatoms. The van der Waals surface area contributed by atoms with Gasteiger partial charge in [0.15, 0.2) is 5.60 Å². The maximum atomic E-state index is 14.2. The van der Waals surface area contributed by atoms with Crippen molar-refractivity contribution in [3.05, 3.63) is 70.4 Å². The molecule has 0 aliphatic carbocycles. The highest BCUT2D eigenvalue weighted by molar-refractivity contribution is 6.30. The van der Waals surface area contributed by atoms with Gasteiger partial charge < -0.3 is 16.2 Å². The predicted octanol–water partition coefficient (Wildman–Crippen LogP) is 5.62. The van der Waals surface area contributed by atoms with Crippen LogP contribution in [-0.4, -0.2) is 34.3 Å². The molecule has 1 amide bonds. The first-order chi connectivity index (χ1) is 15.8.